The molecule has 1 aromatic rings. The van der Waals surface area contributed by atoms with Gasteiger partial charge in [0.25, 0.3) is 0 Å². The van der Waals surface area contributed by atoms with Crippen LogP contribution >= 0.6 is 0 Å². The normalized spacial score (nSPS) is 22.0. The van der Waals surface area contributed by atoms with Crippen LogP contribution in [-0.4, -0.2) is 10.9 Å². The lowest BCUT2D eigenvalue weighted by atomic mass is 10.0. The maximum absolute atomic E-state index is 13.7. The van der Waals surface area contributed by atoms with E-state index in [4.69, 9.17) is 0 Å². The number of nitrogens with zero attached hydrogens (tertiary/aromatic N) is 1. The number of nitrogens with one attached hydrogen (secondary N) is 1. The van der Waals surface area contributed by atoms with Gasteiger partial charge in [0.15, 0.2) is 0 Å². The molecule has 0 spiro atoms. The van der Waals surface area contributed by atoms with E-state index < -0.39 is 0 Å². The molecule has 2 heterocycles. The van der Waals surface area contributed by atoms with E-state index in [-0.39, 0.29) is 11.9 Å². The number of piperidine rings is 1. The molecule has 2 aliphatic heterocycles. The summed E-state index contributed by atoms with van der Waals surface area (Å²) in [6, 6.07) is 3.72. The zero-order valence-corrected chi connectivity index (χ0v) is 11.8. The molecule has 0 bridgehead atoms. The highest BCUT2D eigenvalue weighted by Crippen LogP contribution is 2.38. The Balaban J connectivity index is 1.90. The van der Waals surface area contributed by atoms with Gasteiger partial charge in [-0.2, -0.15) is 0 Å². The zero-order valence-electron chi connectivity index (χ0n) is 11.8. The van der Waals surface area contributed by atoms with E-state index in [1.54, 1.807) is 13.0 Å². The third-order valence-electron chi connectivity index (χ3n) is 4.22. The van der Waals surface area contributed by atoms with E-state index in [0.717, 1.165) is 47.6 Å². The smallest absolute Gasteiger partial charge is 0.126 e. The standard InChI is InChI=1S/C17H19FN2/c1-10-7-14-9-20(13(4)15(14)8-16(10)18)17-6-5-11(2)19-12(17)3/h7-8,17,19H,2-6,9H2,1H3. The summed E-state index contributed by atoms with van der Waals surface area (Å²) < 4.78 is 13.7. The van der Waals surface area contributed by atoms with Crippen LogP contribution in [0.3, 0.4) is 0 Å². The fraction of sp³-hybridized carbons (Fsp3) is 0.294. The largest absolute Gasteiger partial charge is 0.362 e. The molecule has 0 radical (unpaired) electrons. The van der Waals surface area contributed by atoms with Gasteiger partial charge in [0, 0.05) is 29.2 Å². The lowest BCUT2D eigenvalue weighted by molar-refractivity contribution is 0.297. The maximum Gasteiger partial charge on any atom is 0.126 e. The van der Waals surface area contributed by atoms with Crippen molar-refractivity contribution in [1.82, 2.24) is 10.2 Å². The van der Waals surface area contributed by atoms with E-state index in [1.807, 2.05) is 6.07 Å². The molecule has 1 aromatic carbocycles. The predicted molar refractivity (Wildman–Crippen MR) is 80.2 cm³/mol. The summed E-state index contributed by atoms with van der Waals surface area (Å²) in [5, 5.41) is 3.23. The van der Waals surface area contributed by atoms with E-state index in [9.17, 15) is 4.39 Å². The van der Waals surface area contributed by atoms with Gasteiger partial charge >= 0.3 is 0 Å². The third kappa shape index (κ3) is 1.94. The molecule has 1 fully saturated rings. The third-order valence-corrected chi connectivity index (χ3v) is 4.22. The summed E-state index contributed by atoms with van der Waals surface area (Å²) in [7, 11) is 0. The van der Waals surface area contributed by atoms with E-state index in [0.29, 0.717) is 5.56 Å². The monoisotopic (exact) mass is 270 g/mol. The maximum atomic E-state index is 13.7. The van der Waals surface area contributed by atoms with Crippen LogP contribution in [0.5, 0.6) is 0 Å². The van der Waals surface area contributed by atoms with Gasteiger partial charge in [-0.15, -0.1) is 0 Å². The highest BCUT2D eigenvalue weighted by atomic mass is 19.1. The first-order valence-electron chi connectivity index (χ1n) is 6.86. The van der Waals surface area contributed by atoms with Crippen molar-refractivity contribution in [3.8, 4) is 0 Å². The Morgan fingerprint density at radius 3 is 2.75 bits per heavy atom. The lowest BCUT2D eigenvalue weighted by Crippen LogP contribution is -2.39. The first kappa shape index (κ1) is 13.0. The van der Waals surface area contributed by atoms with Crippen LogP contribution in [0.2, 0.25) is 0 Å². The van der Waals surface area contributed by atoms with Crippen LogP contribution in [0.25, 0.3) is 5.70 Å². The van der Waals surface area contributed by atoms with Crippen molar-refractivity contribution in [3.05, 3.63) is 65.8 Å². The molecule has 1 atom stereocenters. The van der Waals surface area contributed by atoms with Crippen molar-refractivity contribution < 1.29 is 4.39 Å². The van der Waals surface area contributed by atoms with Gasteiger partial charge in [-0.1, -0.05) is 25.8 Å². The second kappa shape index (κ2) is 4.51. The zero-order chi connectivity index (χ0) is 14.4. The Labute approximate surface area is 119 Å². The first-order valence-corrected chi connectivity index (χ1v) is 6.86. The fourth-order valence-electron chi connectivity index (χ4n) is 3.07. The minimum absolute atomic E-state index is 0.166. The number of benzene rings is 1. The van der Waals surface area contributed by atoms with Crippen molar-refractivity contribution in [1.29, 1.82) is 0 Å². The van der Waals surface area contributed by atoms with Gasteiger partial charge in [-0.25, -0.2) is 4.39 Å². The number of halogens is 1. The molecule has 1 N–H and O–H groups in total. The summed E-state index contributed by atoms with van der Waals surface area (Å²) in [6.45, 7) is 14.8. The quantitative estimate of drug-likeness (QED) is 0.837. The van der Waals surface area contributed by atoms with Crippen molar-refractivity contribution >= 4 is 5.70 Å². The summed E-state index contributed by atoms with van der Waals surface area (Å²) >= 11 is 0. The molecular formula is C17H19FN2. The summed E-state index contributed by atoms with van der Waals surface area (Å²) in [5.41, 5.74) is 5.60. The number of allylic oxidation sites excluding steroid dienone is 1. The van der Waals surface area contributed by atoms with Crippen molar-refractivity contribution in [3.63, 3.8) is 0 Å². The van der Waals surface area contributed by atoms with Gasteiger partial charge in [0.05, 0.1) is 6.04 Å². The summed E-state index contributed by atoms with van der Waals surface area (Å²) in [4.78, 5) is 2.21. The van der Waals surface area contributed by atoms with Crippen molar-refractivity contribution in [2.75, 3.05) is 0 Å². The Bertz CT molecular complexity index is 630. The molecule has 20 heavy (non-hydrogen) atoms. The predicted octanol–water partition coefficient (Wildman–Crippen LogP) is 3.70. The number of hydrogen-bond acceptors (Lipinski definition) is 2. The van der Waals surface area contributed by atoms with Gasteiger partial charge in [-0.3, -0.25) is 0 Å². The van der Waals surface area contributed by atoms with E-state index in [1.165, 1.54) is 0 Å². The average molecular weight is 270 g/mol. The number of hydrogen-bond donors (Lipinski definition) is 1. The van der Waals surface area contributed by atoms with Crippen LogP contribution in [0, 0.1) is 12.7 Å². The first-order chi connectivity index (χ1) is 9.47. The lowest BCUT2D eigenvalue weighted by Gasteiger charge is -2.36. The molecule has 2 nitrogen and oxygen atoms in total. The van der Waals surface area contributed by atoms with Gasteiger partial charge in [0.2, 0.25) is 0 Å². The van der Waals surface area contributed by atoms with Crippen LogP contribution in [0.4, 0.5) is 4.39 Å². The van der Waals surface area contributed by atoms with Crippen molar-refractivity contribution in [2.24, 2.45) is 0 Å². The number of rotatable bonds is 1. The Morgan fingerprint density at radius 2 is 2.05 bits per heavy atom. The topological polar surface area (TPSA) is 15.3 Å². The number of fused-ring (bicyclic) bond motifs is 1. The highest BCUT2D eigenvalue weighted by Gasteiger charge is 2.32. The van der Waals surface area contributed by atoms with Gasteiger partial charge < -0.3 is 10.2 Å². The van der Waals surface area contributed by atoms with Crippen LogP contribution in [0.1, 0.15) is 29.5 Å². The Kier molecular flexibility index (Phi) is 2.93. The minimum atomic E-state index is -0.166. The summed E-state index contributed by atoms with van der Waals surface area (Å²) in [6.07, 6.45) is 1.90. The van der Waals surface area contributed by atoms with Crippen LogP contribution in [0.15, 0.2) is 43.3 Å². The van der Waals surface area contributed by atoms with Crippen LogP contribution < -0.4 is 5.32 Å². The molecule has 0 saturated carbocycles. The molecule has 1 unspecified atom stereocenters. The van der Waals surface area contributed by atoms with Crippen molar-refractivity contribution in [2.45, 2.75) is 32.4 Å². The van der Waals surface area contributed by atoms with Gasteiger partial charge in [0.1, 0.15) is 5.82 Å². The van der Waals surface area contributed by atoms with Gasteiger partial charge in [-0.05, 0) is 37.0 Å². The SMILES string of the molecule is C=C1CCC(N2Cc3cc(C)c(F)cc3C2=C)C(=C)N1. The second-order valence-corrected chi connectivity index (χ2v) is 5.64. The molecule has 104 valence electrons. The highest BCUT2D eigenvalue weighted by molar-refractivity contribution is 5.70. The number of aryl methyl sites for hydroxylation is 1. The molecule has 0 aliphatic carbocycles. The second-order valence-electron chi connectivity index (χ2n) is 5.64. The Hall–Kier alpha value is -2.03. The molecule has 3 heteroatoms. The van der Waals surface area contributed by atoms with E-state index in [2.05, 4.69) is 30.0 Å². The minimum Gasteiger partial charge on any atom is -0.362 e. The van der Waals surface area contributed by atoms with Crippen LogP contribution in [-0.2, 0) is 6.54 Å². The fourth-order valence-corrected chi connectivity index (χ4v) is 3.07. The molecule has 2 aliphatic rings. The molecule has 3 rings (SSSR count). The molecular weight excluding hydrogens is 251 g/mol. The summed E-state index contributed by atoms with van der Waals surface area (Å²) in [5.74, 6) is -0.166. The molecule has 1 saturated heterocycles. The molecule has 0 aromatic heterocycles. The van der Waals surface area contributed by atoms with E-state index >= 15 is 0 Å². The average Bonchev–Trinajstić information content (AvgIpc) is 2.68. The molecule has 0 amide bonds. The Morgan fingerprint density at radius 1 is 1.30 bits per heavy atom.